The van der Waals surface area contributed by atoms with Gasteiger partial charge in [0, 0.05) is 18.3 Å². The van der Waals surface area contributed by atoms with Crippen LogP contribution in [0.1, 0.15) is 25.8 Å². The van der Waals surface area contributed by atoms with Gasteiger partial charge in [-0.3, -0.25) is 0 Å². The Morgan fingerprint density at radius 1 is 1.05 bits per heavy atom. The first-order chi connectivity index (χ1) is 9.66. The third-order valence-corrected chi connectivity index (χ3v) is 4.07. The van der Waals surface area contributed by atoms with Crippen molar-refractivity contribution in [3.8, 4) is 11.1 Å². The van der Waals surface area contributed by atoms with Crippen molar-refractivity contribution in [3.05, 3.63) is 53.8 Å². The van der Waals surface area contributed by atoms with Gasteiger partial charge in [-0.1, -0.05) is 24.3 Å². The van der Waals surface area contributed by atoms with Crippen LogP contribution in [-0.2, 0) is 6.42 Å². The Morgan fingerprint density at radius 3 is 2.50 bits per heavy atom. The van der Waals surface area contributed by atoms with Gasteiger partial charge in [0.05, 0.1) is 0 Å². The summed E-state index contributed by atoms with van der Waals surface area (Å²) in [6, 6.07) is 13.8. The lowest BCUT2D eigenvalue weighted by atomic mass is 9.91. The second kappa shape index (κ2) is 5.28. The van der Waals surface area contributed by atoms with E-state index in [2.05, 4.69) is 36.9 Å². The number of halogens is 1. The average Bonchev–Trinajstić information content (AvgIpc) is 2.47. The van der Waals surface area contributed by atoms with Crippen LogP contribution in [0.3, 0.4) is 0 Å². The minimum absolute atomic E-state index is 0.178. The molecule has 0 saturated heterocycles. The number of nitrogens with zero attached hydrogens (tertiary/aromatic N) is 1. The summed E-state index contributed by atoms with van der Waals surface area (Å²) in [4.78, 5) is 2.46. The number of hydrogen-bond donors (Lipinski definition) is 0. The zero-order valence-electron chi connectivity index (χ0n) is 12.1. The van der Waals surface area contributed by atoms with Crippen LogP contribution in [0, 0.1) is 5.82 Å². The first-order valence-corrected chi connectivity index (χ1v) is 7.31. The summed E-state index contributed by atoms with van der Waals surface area (Å²) in [5, 5.41) is 0. The summed E-state index contributed by atoms with van der Waals surface area (Å²) in [6.45, 7) is 5.59. The van der Waals surface area contributed by atoms with Gasteiger partial charge in [-0.25, -0.2) is 4.39 Å². The number of hydrogen-bond acceptors (Lipinski definition) is 1. The molecule has 0 N–H and O–H groups in total. The summed E-state index contributed by atoms with van der Waals surface area (Å²) in [7, 11) is 0. The van der Waals surface area contributed by atoms with Crippen LogP contribution < -0.4 is 4.90 Å². The molecule has 2 aromatic rings. The molecule has 20 heavy (non-hydrogen) atoms. The van der Waals surface area contributed by atoms with E-state index in [1.54, 1.807) is 0 Å². The summed E-state index contributed by atoms with van der Waals surface area (Å²) >= 11 is 0. The number of anilines is 1. The van der Waals surface area contributed by atoms with Crippen LogP contribution in [0.5, 0.6) is 0 Å². The molecule has 1 aliphatic rings. The van der Waals surface area contributed by atoms with E-state index in [0.717, 1.165) is 18.5 Å². The molecule has 0 atom stereocenters. The van der Waals surface area contributed by atoms with Gasteiger partial charge in [0.25, 0.3) is 0 Å². The molecule has 0 bridgehead atoms. The van der Waals surface area contributed by atoms with Crippen molar-refractivity contribution in [2.75, 3.05) is 11.4 Å². The van der Waals surface area contributed by atoms with Gasteiger partial charge in [0.1, 0.15) is 5.82 Å². The number of rotatable bonds is 2. The highest BCUT2D eigenvalue weighted by Crippen LogP contribution is 2.36. The topological polar surface area (TPSA) is 3.24 Å². The van der Waals surface area contributed by atoms with E-state index in [1.807, 2.05) is 12.1 Å². The van der Waals surface area contributed by atoms with Crippen molar-refractivity contribution in [2.45, 2.75) is 32.7 Å². The summed E-state index contributed by atoms with van der Waals surface area (Å²) < 4.78 is 13.1. The molecule has 0 fully saturated rings. The van der Waals surface area contributed by atoms with Crippen molar-refractivity contribution in [1.82, 2.24) is 0 Å². The van der Waals surface area contributed by atoms with Gasteiger partial charge < -0.3 is 4.90 Å². The van der Waals surface area contributed by atoms with Crippen LogP contribution in [0.4, 0.5) is 10.1 Å². The van der Waals surface area contributed by atoms with E-state index in [4.69, 9.17) is 0 Å². The van der Waals surface area contributed by atoms with E-state index < -0.39 is 0 Å². The first-order valence-electron chi connectivity index (χ1n) is 7.31. The fourth-order valence-electron chi connectivity index (χ4n) is 3.09. The van der Waals surface area contributed by atoms with Gasteiger partial charge in [0.2, 0.25) is 0 Å². The standard InChI is InChI=1S/C18H20FN/c1-13(2)20-12-4-6-17-16(5-3-7-18(17)20)14-8-10-15(19)11-9-14/h3,5,7-11,13H,4,6,12H2,1-2H3. The zero-order valence-corrected chi connectivity index (χ0v) is 12.1. The van der Waals surface area contributed by atoms with Crippen LogP contribution in [0.15, 0.2) is 42.5 Å². The lowest BCUT2D eigenvalue weighted by molar-refractivity contribution is 0.625. The number of benzene rings is 2. The van der Waals surface area contributed by atoms with Gasteiger partial charge >= 0.3 is 0 Å². The van der Waals surface area contributed by atoms with Gasteiger partial charge in [-0.05, 0) is 61.6 Å². The van der Waals surface area contributed by atoms with Crippen molar-refractivity contribution in [3.63, 3.8) is 0 Å². The largest absolute Gasteiger partial charge is 0.369 e. The quantitative estimate of drug-likeness (QED) is 0.766. The molecule has 0 saturated carbocycles. The second-order valence-corrected chi connectivity index (χ2v) is 5.70. The molecule has 1 nitrogen and oxygen atoms in total. The van der Waals surface area contributed by atoms with Crippen LogP contribution in [0.25, 0.3) is 11.1 Å². The van der Waals surface area contributed by atoms with Crippen LogP contribution >= 0.6 is 0 Å². The predicted molar refractivity (Wildman–Crippen MR) is 82.6 cm³/mol. The van der Waals surface area contributed by atoms with E-state index in [1.165, 1.54) is 35.4 Å². The molecule has 0 radical (unpaired) electrons. The predicted octanol–water partition coefficient (Wildman–Crippen LogP) is 4.65. The smallest absolute Gasteiger partial charge is 0.123 e. The van der Waals surface area contributed by atoms with Crippen LogP contribution in [0.2, 0.25) is 0 Å². The Kier molecular flexibility index (Phi) is 3.47. The minimum Gasteiger partial charge on any atom is -0.369 e. The highest BCUT2D eigenvalue weighted by Gasteiger charge is 2.21. The van der Waals surface area contributed by atoms with E-state index in [-0.39, 0.29) is 5.82 Å². The summed E-state index contributed by atoms with van der Waals surface area (Å²) in [6.07, 6.45) is 2.29. The molecule has 2 aromatic carbocycles. The molecule has 0 amide bonds. The number of fused-ring (bicyclic) bond motifs is 1. The van der Waals surface area contributed by atoms with Crippen molar-refractivity contribution >= 4 is 5.69 Å². The van der Waals surface area contributed by atoms with Gasteiger partial charge in [0.15, 0.2) is 0 Å². The SMILES string of the molecule is CC(C)N1CCCc2c(-c3ccc(F)cc3)cccc21. The second-order valence-electron chi connectivity index (χ2n) is 5.70. The lowest BCUT2D eigenvalue weighted by Gasteiger charge is -2.35. The molecule has 1 aliphatic heterocycles. The monoisotopic (exact) mass is 269 g/mol. The molecular formula is C18H20FN. The normalized spacial score (nSPS) is 14.5. The molecule has 0 aromatic heterocycles. The zero-order chi connectivity index (χ0) is 14.1. The first kappa shape index (κ1) is 13.2. The maximum atomic E-state index is 13.1. The summed E-state index contributed by atoms with van der Waals surface area (Å²) in [5.41, 5.74) is 5.09. The molecule has 0 unspecified atom stereocenters. The van der Waals surface area contributed by atoms with E-state index in [9.17, 15) is 4.39 Å². The fourth-order valence-corrected chi connectivity index (χ4v) is 3.09. The van der Waals surface area contributed by atoms with E-state index >= 15 is 0 Å². The Hall–Kier alpha value is -1.83. The maximum Gasteiger partial charge on any atom is 0.123 e. The minimum atomic E-state index is -0.178. The third kappa shape index (κ3) is 2.31. The van der Waals surface area contributed by atoms with Gasteiger partial charge in [-0.15, -0.1) is 0 Å². The lowest BCUT2D eigenvalue weighted by Crippen LogP contribution is -2.35. The highest BCUT2D eigenvalue weighted by molar-refractivity contribution is 5.75. The molecule has 3 rings (SSSR count). The molecule has 2 heteroatoms. The third-order valence-electron chi connectivity index (χ3n) is 4.07. The average molecular weight is 269 g/mol. The Morgan fingerprint density at radius 2 is 1.80 bits per heavy atom. The van der Waals surface area contributed by atoms with Crippen molar-refractivity contribution in [1.29, 1.82) is 0 Å². The summed E-state index contributed by atoms with van der Waals surface area (Å²) in [5.74, 6) is -0.178. The Labute approximate surface area is 120 Å². The Bertz CT molecular complexity index is 601. The molecular weight excluding hydrogens is 249 g/mol. The molecule has 0 spiro atoms. The maximum absolute atomic E-state index is 13.1. The van der Waals surface area contributed by atoms with E-state index in [0.29, 0.717) is 6.04 Å². The van der Waals surface area contributed by atoms with Crippen molar-refractivity contribution < 1.29 is 4.39 Å². The molecule has 104 valence electrons. The fraction of sp³-hybridized carbons (Fsp3) is 0.333. The Balaban J connectivity index is 2.10. The molecule has 1 heterocycles. The van der Waals surface area contributed by atoms with Crippen molar-refractivity contribution in [2.24, 2.45) is 0 Å². The highest BCUT2D eigenvalue weighted by atomic mass is 19.1. The molecule has 0 aliphatic carbocycles. The van der Waals surface area contributed by atoms with Crippen LogP contribution in [-0.4, -0.2) is 12.6 Å². The van der Waals surface area contributed by atoms with Gasteiger partial charge in [-0.2, -0.15) is 0 Å².